The van der Waals surface area contributed by atoms with Gasteiger partial charge in [-0.15, -0.1) is 0 Å². The van der Waals surface area contributed by atoms with Gasteiger partial charge in [0.15, 0.2) is 0 Å². The second kappa shape index (κ2) is 6.19. The molecule has 0 spiro atoms. The van der Waals surface area contributed by atoms with Crippen molar-refractivity contribution in [1.29, 1.82) is 0 Å². The summed E-state index contributed by atoms with van der Waals surface area (Å²) in [5.41, 5.74) is 2.63. The third-order valence-corrected chi connectivity index (χ3v) is 4.80. The van der Waals surface area contributed by atoms with Gasteiger partial charge in [0.2, 0.25) is 0 Å². The smallest absolute Gasteiger partial charge is 0.122 e. The van der Waals surface area contributed by atoms with E-state index in [-0.39, 0.29) is 0 Å². The Labute approximate surface area is 147 Å². The first-order valence-electron chi connectivity index (χ1n) is 8.42. The fraction of sp³-hybridized carbons (Fsp3) is 0.136. The molecule has 0 saturated heterocycles. The summed E-state index contributed by atoms with van der Waals surface area (Å²) in [5.74, 6) is 0.858. The molecule has 1 aromatic heterocycles. The summed E-state index contributed by atoms with van der Waals surface area (Å²) in [6.07, 6.45) is 0.409. The van der Waals surface area contributed by atoms with Crippen molar-refractivity contribution in [3.63, 3.8) is 0 Å². The third-order valence-electron chi connectivity index (χ3n) is 4.80. The summed E-state index contributed by atoms with van der Waals surface area (Å²) in [5, 5.41) is 11.7. The molecule has 1 heterocycles. The molecule has 0 aliphatic rings. The topological polar surface area (TPSA) is 38.0 Å². The van der Waals surface area contributed by atoms with Crippen molar-refractivity contribution in [3.05, 3.63) is 102 Å². The highest BCUT2D eigenvalue weighted by Crippen LogP contribution is 2.33. The number of imidazole rings is 1. The Morgan fingerprint density at radius 3 is 1.88 bits per heavy atom. The standard InChI is InChI=1S/C22H20N2O/c1-24-20-15-9-8-14-19(20)23-21(24)16-22(25,17-10-4-2-5-11-17)18-12-6-3-7-13-18/h2-15,25H,16H2,1H3. The molecule has 3 nitrogen and oxygen atoms in total. The van der Waals surface area contributed by atoms with E-state index in [0.717, 1.165) is 28.0 Å². The van der Waals surface area contributed by atoms with Gasteiger partial charge in [-0.05, 0) is 23.3 Å². The van der Waals surface area contributed by atoms with Gasteiger partial charge in [-0.2, -0.15) is 0 Å². The summed E-state index contributed by atoms with van der Waals surface area (Å²) < 4.78 is 2.06. The van der Waals surface area contributed by atoms with Crippen LogP contribution in [0.5, 0.6) is 0 Å². The zero-order chi connectivity index (χ0) is 17.3. The molecule has 0 aliphatic carbocycles. The Balaban J connectivity index is 1.85. The van der Waals surface area contributed by atoms with Crippen molar-refractivity contribution in [3.8, 4) is 0 Å². The Morgan fingerprint density at radius 2 is 1.32 bits per heavy atom. The van der Waals surface area contributed by atoms with E-state index in [1.54, 1.807) is 0 Å². The number of aryl methyl sites for hydroxylation is 1. The number of hydrogen-bond acceptors (Lipinski definition) is 2. The Hall–Kier alpha value is -2.91. The van der Waals surface area contributed by atoms with Crippen LogP contribution in [-0.4, -0.2) is 14.7 Å². The van der Waals surface area contributed by atoms with Crippen molar-refractivity contribution in [2.45, 2.75) is 12.0 Å². The van der Waals surface area contributed by atoms with E-state index in [0.29, 0.717) is 6.42 Å². The number of nitrogens with zero attached hydrogens (tertiary/aromatic N) is 2. The highest BCUT2D eigenvalue weighted by molar-refractivity contribution is 5.75. The van der Waals surface area contributed by atoms with Crippen LogP contribution in [0.1, 0.15) is 17.0 Å². The lowest BCUT2D eigenvalue weighted by Gasteiger charge is -2.29. The Morgan fingerprint density at radius 1 is 0.800 bits per heavy atom. The highest BCUT2D eigenvalue weighted by Gasteiger charge is 2.33. The van der Waals surface area contributed by atoms with Crippen LogP contribution in [0.2, 0.25) is 0 Å². The molecule has 0 saturated carbocycles. The molecule has 25 heavy (non-hydrogen) atoms. The van der Waals surface area contributed by atoms with Crippen LogP contribution < -0.4 is 0 Å². The van der Waals surface area contributed by atoms with E-state index in [2.05, 4.69) is 10.6 Å². The average Bonchev–Trinajstić information content (AvgIpc) is 2.99. The first-order chi connectivity index (χ1) is 12.2. The van der Waals surface area contributed by atoms with Gasteiger partial charge >= 0.3 is 0 Å². The minimum Gasteiger partial charge on any atom is -0.380 e. The molecule has 0 aliphatic heterocycles. The third kappa shape index (κ3) is 2.73. The van der Waals surface area contributed by atoms with E-state index in [1.165, 1.54) is 0 Å². The molecule has 3 aromatic carbocycles. The van der Waals surface area contributed by atoms with Crippen LogP contribution in [0.3, 0.4) is 0 Å². The van der Waals surface area contributed by atoms with Crippen molar-refractivity contribution >= 4 is 11.0 Å². The normalized spacial score (nSPS) is 11.8. The minimum absolute atomic E-state index is 0.409. The van der Waals surface area contributed by atoms with Gasteiger partial charge in [-0.1, -0.05) is 72.8 Å². The molecule has 0 radical (unpaired) electrons. The predicted octanol–water partition coefficient (Wildman–Crippen LogP) is 4.05. The van der Waals surface area contributed by atoms with Gasteiger partial charge in [0.25, 0.3) is 0 Å². The minimum atomic E-state index is -1.13. The fourth-order valence-electron chi connectivity index (χ4n) is 3.38. The lowest BCUT2D eigenvalue weighted by Crippen LogP contribution is -2.31. The molecule has 0 bridgehead atoms. The number of hydrogen-bond donors (Lipinski definition) is 1. The SMILES string of the molecule is Cn1c(CC(O)(c2ccccc2)c2ccccc2)nc2ccccc21. The summed E-state index contributed by atoms with van der Waals surface area (Å²) in [6.45, 7) is 0. The maximum Gasteiger partial charge on any atom is 0.122 e. The van der Waals surface area contributed by atoms with Crippen molar-refractivity contribution in [1.82, 2.24) is 9.55 Å². The highest BCUT2D eigenvalue weighted by atomic mass is 16.3. The molecule has 0 amide bonds. The van der Waals surface area contributed by atoms with Crippen LogP contribution in [0.15, 0.2) is 84.9 Å². The molecule has 3 heteroatoms. The van der Waals surface area contributed by atoms with Crippen LogP contribution in [-0.2, 0) is 19.1 Å². The summed E-state index contributed by atoms with van der Waals surface area (Å²) in [6, 6.07) is 27.7. The molecule has 4 rings (SSSR count). The van der Waals surface area contributed by atoms with E-state index >= 15 is 0 Å². The number of para-hydroxylation sites is 2. The van der Waals surface area contributed by atoms with Gasteiger partial charge in [-0.25, -0.2) is 4.98 Å². The van der Waals surface area contributed by atoms with Crippen molar-refractivity contribution in [2.75, 3.05) is 0 Å². The second-order valence-electron chi connectivity index (χ2n) is 6.34. The van der Waals surface area contributed by atoms with E-state index in [4.69, 9.17) is 4.98 Å². The fourth-order valence-corrected chi connectivity index (χ4v) is 3.38. The van der Waals surface area contributed by atoms with Crippen LogP contribution >= 0.6 is 0 Å². The molecule has 0 fully saturated rings. The second-order valence-corrected chi connectivity index (χ2v) is 6.34. The van der Waals surface area contributed by atoms with Gasteiger partial charge in [-0.3, -0.25) is 0 Å². The lowest BCUT2D eigenvalue weighted by atomic mass is 9.83. The number of aliphatic hydroxyl groups is 1. The van der Waals surface area contributed by atoms with Gasteiger partial charge in [0.1, 0.15) is 11.4 Å². The molecular weight excluding hydrogens is 308 g/mol. The largest absolute Gasteiger partial charge is 0.380 e. The average molecular weight is 328 g/mol. The van der Waals surface area contributed by atoms with Gasteiger partial charge in [0.05, 0.1) is 11.0 Å². The number of fused-ring (bicyclic) bond motifs is 1. The zero-order valence-corrected chi connectivity index (χ0v) is 14.1. The monoisotopic (exact) mass is 328 g/mol. The molecule has 124 valence electrons. The molecule has 0 unspecified atom stereocenters. The van der Waals surface area contributed by atoms with E-state index in [1.807, 2.05) is 85.9 Å². The molecular formula is C22H20N2O. The maximum atomic E-state index is 11.7. The zero-order valence-electron chi connectivity index (χ0n) is 14.1. The number of aromatic nitrogens is 2. The first-order valence-corrected chi connectivity index (χ1v) is 8.42. The van der Waals surface area contributed by atoms with Crippen LogP contribution in [0.4, 0.5) is 0 Å². The van der Waals surface area contributed by atoms with Gasteiger partial charge < -0.3 is 9.67 Å². The summed E-state index contributed by atoms with van der Waals surface area (Å²) in [4.78, 5) is 4.75. The number of rotatable bonds is 4. The quantitative estimate of drug-likeness (QED) is 0.614. The summed E-state index contributed by atoms with van der Waals surface area (Å²) in [7, 11) is 2.00. The Bertz CT molecular complexity index is 951. The van der Waals surface area contributed by atoms with Crippen molar-refractivity contribution in [2.24, 2.45) is 7.05 Å². The van der Waals surface area contributed by atoms with Crippen molar-refractivity contribution < 1.29 is 5.11 Å². The predicted molar refractivity (Wildman–Crippen MR) is 100 cm³/mol. The van der Waals surface area contributed by atoms with Crippen LogP contribution in [0.25, 0.3) is 11.0 Å². The number of benzene rings is 3. The maximum absolute atomic E-state index is 11.7. The lowest BCUT2D eigenvalue weighted by molar-refractivity contribution is 0.0783. The molecule has 4 aromatic rings. The first kappa shape index (κ1) is 15.6. The van der Waals surface area contributed by atoms with Crippen LogP contribution in [0, 0.1) is 0 Å². The van der Waals surface area contributed by atoms with Gasteiger partial charge in [0, 0.05) is 13.5 Å². The molecule has 1 N–H and O–H groups in total. The van der Waals surface area contributed by atoms with E-state index < -0.39 is 5.60 Å². The summed E-state index contributed by atoms with van der Waals surface area (Å²) >= 11 is 0. The Kier molecular flexibility index (Phi) is 3.86. The van der Waals surface area contributed by atoms with E-state index in [9.17, 15) is 5.11 Å². The molecule has 0 atom stereocenters.